The van der Waals surface area contributed by atoms with E-state index < -0.39 is 17.6 Å². The van der Waals surface area contributed by atoms with Gasteiger partial charge in [-0.2, -0.15) is 25.3 Å². The quantitative estimate of drug-likeness (QED) is 0.0528. The summed E-state index contributed by atoms with van der Waals surface area (Å²) in [6.45, 7) is 21.5. The molecule has 0 aromatic heterocycles. The molecule has 0 bridgehead atoms. The van der Waals surface area contributed by atoms with Gasteiger partial charge in [-0.15, -0.1) is 0 Å². The molecule has 0 saturated heterocycles. The summed E-state index contributed by atoms with van der Waals surface area (Å²) in [6, 6.07) is 1.75. The summed E-state index contributed by atoms with van der Waals surface area (Å²) in [5.41, 5.74) is 0. The zero-order valence-corrected chi connectivity index (χ0v) is 31.6. The van der Waals surface area contributed by atoms with Crippen molar-refractivity contribution in [2.75, 3.05) is 31.3 Å². The van der Waals surface area contributed by atoms with Gasteiger partial charge in [-0.1, -0.05) is 60.8 Å². The summed E-state index contributed by atoms with van der Waals surface area (Å²) in [5.74, 6) is 1.70. The minimum Gasteiger partial charge on any atom is -0.373 e. The van der Waals surface area contributed by atoms with E-state index in [1.807, 2.05) is 0 Å². The lowest BCUT2D eigenvalue weighted by Gasteiger charge is -2.36. The standard InChI is InChI=1S/2C15H34O3SSi/c1-7-13(4)16-20(12-10-11-19,17-14(5)8-2)18-15(6)9-3;1-4-7-11-16-20(15-10-14-19,17-12-8-5-2)18-13-9-6-3/h13-15,19H,7-12H2,1-6H3;19H,4-15H2,1-3H3. The molecule has 10 heteroatoms. The molecule has 0 N–H and O–H groups in total. The van der Waals surface area contributed by atoms with Crippen LogP contribution in [0.3, 0.4) is 0 Å². The van der Waals surface area contributed by atoms with Crippen molar-refractivity contribution >= 4 is 42.9 Å². The first-order chi connectivity index (χ1) is 19.2. The van der Waals surface area contributed by atoms with E-state index in [0.717, 1.165) is 114 Å². The van der Waals surface area contributed by atoms with E-state index in [2.05, 4.69) is 87.6 Å². The van der Waals surface area contributed by atoms with Crippen molar-refractivity contribution in [2.45, 2.75) is 163 Å². The van der Waals surface area contributed by atoms with Crippen LogP contribution in [0.2, 0.25) is 12.1 Å². The minimum atomic E-state index is -2.62. The average Bonchev–Trinajstić information content (AvgIpc) is 2.95. The summed E-state index contributed by atoms with van der Waals surface area (Å²) in [5, 5.41) is 0. The fourth-order valence-corrected chi connectivity index (χ4v) is 10.5. The van der Waals surface area contributed by atoms with Crippen LogP contribution < -0.4 is 0 Å². The molecule has 0 radical (unpaired) electrons. The Bertz CT molecular complexity index is 479. The van der Waals surface area contributed by atoms with Gasteiger partial charge in [-0.3, -0.25) is 0 Å². The maximum Gasteiger partial charge on any atom is 0.501 e. The second-order valence-electron chi connectivity index (χ2n) is 10.6. The topological polar surface area (TPSA) is 55.4 Å². The number of hydrogen-bond donors (Lipinski definition) is 2. The maximum atomic E-state index is 6.29. The molecular formula is C30H68O6S2Si2. The molecule has 244 valence electrons. The highest BCUT2D eigenvalue weighted by molar-refractivity contribution is 7.80. The van der Waals surface area contributed by atoms with E-state index >= 15 is 0 Å². The van der Waals surface area contributed by atoms with E-state index in [0.29, 0.717) is 0 Å². The predicted octanol–water partition coefficient (Wildman–Crippen LogP) is 9.39. The second kappa shape index (κ2) is 28.7. The van der Waals surface area contributed by atoms with Crippen molar-refractivity contribution in [3.8, 4) is 0 Å². The molecule has 40 heavy (non-hydrogen) atoms. The van der Waals surface area contributed by atoms with Gasteiger partial charge in [-0.25, -0.2) is 0 Å². The Kier molecular flexibility index (Phi) is 30.8. The Morgan fingerprint density at radius 1 is 0.475 bits per heavy atom. The number of rotatable bonds is 27. The first kappa shape index (κ1) is 43.0. The van der Waals surface area contributed by atoms with E-state index in [-0.39, 0.29) is 18.3 Å². The van der Waals surface area contributed by atoms with E-state index in [1.165, 1.54) is 0 Å². The van der Waals surface area contributed by atoms with Crippen molar-refractivity contribution in [3.63, 3.8) is 0 Å². The van der Waals surface area contributed by atoms with Crippen molar-refractivity contribution < 1.29 is 26.6 Å². The van der Waals surface area contributed by atoms with Gasteiger partial charge in [0.05, 0.1) is 0 Å². The minimum absolute atomic E-state index is 0.176. The first-order valence-corrected chi connectivity index (χ1v) is 21.5. The van der Waals surface area contributed by atoms with Gasteiger partial charge in [-0.05, 0) is 83.6 Å². The van der Waals surface area contributed by atoms with Gasteiger partial charge < -0.3 is 26.6 Å². The normalized spacial score (nSPS) is 15.7. The molecule has 3 unspecified atom stereocenters. The molecule has 0 aliphatic rings. The third-order valence-electron chi connectivity index (χ3n) is 6.61. The van der Waals surface area contributed by atoms with Gasteiger partial charge in [0.25, 0.3) is 0 Å². The van der Waals surface area contributed by atoms with Crippen molar-refractivity contribution in [1.29, 1.82) is 0 Å². The van der Waals surface area contributed by atoms with Crippen LogP contribution in [-0.4, -0.2) is 67.2 Å². The highest BCUT2D eigenvalue weighted by atomic mass is 32.1. The Balaban J connectivity index is 0. The molecule has 0 fully saturated rings. The number of unbranched alkanes of at least 4 members (excludes halogenated alkanes) is 3. The Morgan fingerprint density at radius 3 is 1.02 bits per heavy atom. The van der Waals surface area contributed by atoms with Crippen molar-refractivity contribution in [3.05, 3.63) is 0 Å². The molecule has 0 amide bonds. The number of hydrogen-bond acceptors (Lipinski definition) is 8. The zero-order valence-electron chi connectivity index (χ0n) is 27.8. The van der Waals surface area contributed by atoms with Crippen molar-refractivity contribution in [1.82, 2.24) is 0 Å². The summed E-state index contributed by atoms with van der Waals surface area (Å²) in [6.07, 6.45) is 12.1. The molecule has 3 atom stereocenters. The fraction of sp³-hybridized carbons (Fsp3) is 1.00. The Hall–Kier alpha value is 0.894. The van der Waals surface area contributed by atoms with E-state index in [1.54, 1.807) is 0 Å². The maximum absolute atomic E-state index is 6.29. The predicted molar refractivity (Wildman–Crippen MR) is 183 cm³/mol. The SMILES string of the molecule is CCC(C)O[Si](CCCS)(OC(C)CC)OC(C)CC.CCCCO[Si](CCCS)(OCCCC)OCCCC. The molecule has 0 aliphatic heterocycles. The lowest BCUT2D eigenvalue weighted by Crippen LogP contribution is -2.51. The highest BCUT2D eigenvalue weighted by Gasteiger charge is 2.44. The monoisotopic (exact) mass is 644 g/mol. The van der Waals surface area contributed by atoms with E-state index in [9.17, 15) is 0 Å². The highest BCUT2D eigenvalue weighted by Crippen LogP contribution is 2.26. The van der Waals surface area contributed by atoms with Gasteiger partial charge >= 0.3 is 17.6 Å². The molecule has 0 rings (SSSR count). The molecule has 0 heterocycles. The third-order valence-corrected chi connectivity index (χ3v) is 13.4. The number of thiol groups is 2. The second-order valence-corrected chi connectivity index (χ2v) is 16.8. The molecule has 0 aliphatic carbocycles. The van der Waals surface area contributed by atoms with Crippen LogP contribution in [0.5, 0.6) is 0 Å². The smallest absolute Gasteiger partial charge is 0.373 e. The summed E-state index contributed by atoms with van der Waals surface area (Å²) in [4.78, 5) is 0. The third kappa shape index (κ3) is 22.4. The summed E-state index contributed by atoms with van der Waals surface area (Å²) < 4.78 is 37.3. The van der Waals surface area contributed by atoms with Crippen LogP contribution in [0.1, 0.15) is 133 Å². The molecule has 0 saturated carbocycles. The van der Waals surface area contributed by atoms with Gasteiger partial charge in [0, 0.05) is 50.2 Å². The molecule has 0 spiro atoms. The van der Waals surface area contributed by atoms with Crippen LogP contribution in [0.15, 0.2) is 0 Å². The molecule has 6 nitrogen and oxygen atoms in total. The van der Waals surface area contributed by atoms with Crippen LogP contribution in [-0.2, 0) is 26.6 Å². The lowest BCUT2D eigenvalue weighted by atomic mass is 10.3. The summed E-state index contributed by atoms with van der Waals surface area (Å²) in [7, 11) is -5.09. The fourth-order valence-electron chi connectivity index (χ4n) is 3.48. The van der Waals surface area contributed by atoms with E-state index in [4.69, 9.17) is 26.6 Å². The lowest BCUT2D eigenvalue weighted by molar-refractivity contribution is -0.0108. The van der Waals surface area contributed by atoms with Crippen LogP contribution in [0.4, 0.5) is 0 Å². The molecule has 0 aromatic rings. The Morgan fingerprint density at radius 2 is 0.775 bits per heavy atom. The van der Waals surface area contributed by atoms with Gasteiger partial charge in [0.2, 0.25) is 0 Å². The zero-order chi connectivity index (χ0) is 30.7. The van der Waals surface area contributed by atoms with Crippen LogP contribution in [0, 0.1) is 0 Å². The molecule has 0 aromatic carbocycles. The van der Waals surface area contributed by atoms with Crippen LogP contribution in [0.25, 0.3) is 0 Å². The molecular weight excluding hydrogens is 577 g/mol. The summed E-state index contributed by atoms with van der Waals surface area (Å²) >= 11 is 8.65. The Labute approximate surface area is 263 Å². The van der Waals surface area contributed by atoms with Crippen LogP contribution >= 0.6 is 25.3 Å². The van der Waals surface area contributed by atoms with Crippen molar-refractivity contribution in [2.24, 2.45) is 0 Å². The average molecular weight is 645 g/mol. The first-order valence-electron chi connectivity index (χ1n) is 16.3. The largest absolute Gasteiger partial charge is 0.501 e. The van der Waals surface area contributed by atoms with Gasteiger partial charge in [0.1, 0.15) is 0 Å². The van der Waals surface area contributed by atoms with Gasteiger partial charge in [0.15, 0.2) is 0 Å².